The molecule has 0 saturated carbocycles. The Kier molecular flexibility index (Phi) is 5.45. The average molecular weight is 349 g/mol. The Bertz CT molecular complexity index is 792. The van der Waals surface area contributed by atoms with Gasteiger partial charge in [-0.1, -0.05) is 0 Å². The van der Waals surface area contributed by atoms with Gasteiger partial charge in [-0.15, -0.1) is 0 Å². The van der Waals surface area contributed by atoms with Crippen LogP contribution in [0.2, 0.25) is 0 Å². The van der Waals surface area contributed by atoms with Crippen LogP contribution in [0.15, 0.2) is 35.2 Å². The van der Waals surface area contributed by atoms with E-state index in [2.05, 4.69) is 9.98 Å². The number of nitrogens with zero attached hydrogens (tertiary/aromatic N) is 2. The Balaban J connectivity index is 2.12. The van der Waals surface area contributed by atoms with Gasteiger partial charge in [-0.05, 0) is 17.7 Å². The molecule has 10 heteroatoms. The van der Waals surface area contributed by atoms with Crippen LogP contribution in [0.4, 0.5) is 0 Å². The number of dihydropyridines is 1. The van der Waals surface area contributed by atoms with Crippen LogP contribution < -0.4 is 10.3 Å². The lowest BCUT2D eigenvalue weighted by Gasteiger charge is -2.14. The first-order valence-electron chi connectivity index (χ1n) is 7.25. The highest BCUT2D eigenvalue weighted by atomic mass is 16.4. The monoisotopic (exact) mass is 349 g/mol. The molecule has 2 unspecified atom stereocenters. The van der Waals surface area contributed by atoms with Gasteiger partial charge < -0.3 is 21.1 Å². The van der Waals surface area contributed by atoms with Gasteiger partial charge in [-0.2, -0.15) is 0 Å². The minimum Gasteiger partial charge on any atom is -0.480 e. The molecule has 1 aliphatic heterocycles. The molecule has 2 rings (SSSR count). The van der Waals surface area contributed by atoms with Gasteiger partial charge in [0.05, 0.1) is 6.20 Å². The number of aliphatic carboxylic acids is 3. The summed E-state index contributed by atoms with van der Waals surface area (Å²) in [7, 11) is 0. The molecule has 6 N–H and O–H groups in total. The fraction of sp³-hybridized carbons (Fsp3) is 0.267. The largest absolute Gasteiger partial charge is 0.480 e. The summed E-state index contributed by atoms with van der Waals surface area (Å²) in [5, 5.41) is 26.9. The molecule has 1 aromatic heterocycles. The van der Waals surface area contributed by atoms with Gasteiger partial charge in [0, 0.05) is 12.8 Å². The molecule has 132 valence electrons. The molecule has 2 atom stereocenters. The number of allylic oxidation sites excluding steroid dienone is 1. The maximum absolute atomic E-state index is 11.1. The summed E-state index contributed by atoms with van der Waals surface area (Å²) in [5.41, 5.74) is 6.24. The molecule has 0 aromatic carbocycles. The maximum Gasteiger partial charge on any atom is 0.354 e. The summed E-state index contributed by atoms with van der Waals surface area (Å²) >= 11 is 0. The summed E-state index contributed by atoms with van der Waals surface area (Å²) in [4.78, 5) is 39.4. The number of imidazole rings is 1. The molecule has 0 radical (unpaired) electrons. The molecule has 1 aliphatic rings. The molecular formula is C15H17N4O6+. The lowest BCUT2D eigenvalue weighted by molar-refractivity contribution is -0.566. The van der Waals surface area contributed by atoms with Crippen LogP contribution in [0, 0.1) is 0 Å². The topological polar surface area (TPSA) is 170 Å². The van der Waals surface area contributed by atoms with E-state index in [1.54, 1.807) is 29.4 Å². The quantitative estimate of drug-likeness (QED) is 0.394. The minimum atomic E-state index is -1.30. The van der Waals surface area contributed by atoms with Crippen LogP contribution in [-0.4, -0.2) is 56.0 Å². The highest BCUT2D eigenvalue weighted by Crippen LogP contribution is 2.16. The van der Waals surface area contributed by atoms with Crippen LogP contribution in [0.1, 0.15) is 12.1 Å². The number of rotatable bonds is 7. The van der Waals surface area contributed by atoms with Crippen molar-refractivity contribution in [1.82, 2.24) is 4.98 Å². The van der Waals surface area contributed by atoms with Crippen molar-refractivity contribution in [3.63, 3.8) is 0 Å². The zero-order valence-corrected chi connectivity index (χ0v) is 13.0. The molecule has 0 bridgehead atoms. The molecule has 0 aliphatic carbocycles. The van der Waals surface area contributed by atoms with Crippen molar-refractivity contribution in [2.75, 3.05) is 0 Å². The molecule has 0 saturated heterocycles. The third-order valence-electron chi connectivity index (χ3n) is 3.47. The lowest BCUT2D eigenvalue weighted by atomic mass is 10.0. The third-order valence-corrected chi connectivity index (χ3v) is 3.47. The molecule has 25 heavy (non-hydrogen) atoms. The Morgan fingerprint density at radius 3 is 2.72 bits per heavy atom. The first-order valence-corrected chi connectivity index (χ1v) is 7.25. The molecule has 0 fully saturated rings. The molecular weight excluding hydrogens is 332 g/mol. The molecule has 1 aromatic rings. The normalized spacial score (nSPS) is 18.5. The van der Waals surface area contributed by atoms with Gasteiger partial charge in [-0.25, -0.2) is 19.1 Å². The number of nitrogens with two attached hydrogens (primary N) is 1. The van der Waals surface area contributed by atoms with Crippen LogP contribution in [0.5, 0.6) is 0 Å². The van der Waals surface area contributed by atoms with Crippen molar-refractivity contribution in [3.05, 3.63) is 35.9 Å². The van der Waals surface area contributed by atoms with E-state index in [1.807, 2.05) is 0 Å². The van der Waals surface area contributed by atoms with Crippen LogP contribution in [-0.2, 0) is 20.8 Å². The first kappa shape index (κ1) is 18.1. The fourth-order valence-electron chi connectivity index (χ4n) is 2.20. The zero-order chi connectivity index (χ0) is 18.6. The number of hydrogen-bond acceptors (Lipinski definition) is 5. The van der Waals surface area contributed by atoms with E-state index < -0.39 is 30.0 Å². The molecule has 0 amide bonds. The van der Waals surface area contributed by atoms with E-state index in [1.165, 1.54) is 6.08 Å². The van der Waals surface area contributed by atoms with E-state index in [0.717, 1.165) is 0 Å². The second kappa shape index (κ2) is 7.53. The number of aliphatic imine (C=N–C) groups is 1. The number of aromatic nitrogens is 2. The number of carboxylic acids is 3. The molecule has 10 nitrogen and oxygen atoms in total. The third kappa shape index (κ3) is 4.85. The van der Waals surface area contributed by atoms with E-state index in [9.17, 15) is 14.4 Å². The zero-order valence-electron chi connectivity index (χ0n) is 13.0. The van der Waals surface area contributed by atoms with E-state index in [0.29, 0.717) is 11.3 Å². The second-order valence-electron chi connectivity index (χ2n) is 5.44. The summed E-state index contributed by atoms with van der Waals surface area (Å²) < 4.78 is 1.59. The van der Waals surface area contributed by atoms with E-state index in [4.69, 9.17) is 21.1 Å². The van der Waals surface area contributed by atoms with Gasteiger partial charge in [0.25, 0.3) is 0 Å². The van der Waals surface area contributed by atoms with Crippen LogP contribution in [0.3, 0.4) is 0 Å². The van der Waals surface area contributed by atoms with Crippen molar-refractivity contribution < 1.29 is 34.3 Å². The standard InChI is InChI=1S/C15H16N4O6/c16-10(13(20)21)5-9-6-19(7-17-9)2-1-8-3-11(14(22)23)18-12(4-8)15(24)25/h1-3,6-7,10,12H,4-5,16H2,(H3,20,21,22,23,24,25)/p+1. The predicted octanol–water partition coefficient (Wildman–Crippen LogP) is -0.964. The predicted molar refractivity (Wildman–Crippen MR) is 84.8 cm³/mol. The van der Waals surface area contributed by atoms with Gasteiger partial charge >= 0.3 is 17.9 Å². The smallest absolute Gasteiger partial charge is 0.354 e. The fourth-order valence-corrected chi connectivity index (χ4v) is 2.20. The van der Waals surface area contributed by atoms with E-state index in [-0.39, 0.29) is 18.6 Å². The van der Waals surface area contributed by atoms with Crippen molar-refractivity contribution in [2.24, 2.45) is 10.7 Å². The summed E-state index contributed by atoms with van der Waals surface area (Å²) in [6.07, 6.45) is 7.85. The van der Waals surface area contributed by atoms with Gasteiger partial charge in [0.15, 0.2) is 6.04 Å². The van der Waals surface area contributed by atoms with Crippen molar-refractivity contribution in [2.45, 2.75) is 24.9 Å². The van der Waals surface area contributed by atoms with Crippen molar-refractivity contribution >= 4 is 29.8 Å². The van der Waals surface area contributed by atoms with Gasteiger partial charge in [0.2, 0.25) is 6.33 Å². The molecule has 0 spiro atoms. The number of carboxylic acid groups (broad SMARTS) is 3. The summed E-state index contributed by atoms with van der Waals surface area (Å²) in [6, 6.07) is -2.17. The number of H-pyrrole nitrogens is 1. The Morgan fingerprint density at radius 2 is 2.12 bits per heavy atom. The Hall–Kier alpha value is -3.27. The Labute approximate surface area is 141 Å². The highest BCUT2D eigenvalue weighted by molar-refractivity contribution is 6.41. The van der Waals surface area contributed by atoms with Crippen molar-refractivity contribution in [3.8, 4) is 0 Å². The summed E-state index contributed by atoms with van der Waals surface area (Å²) in [5.74, 6) is -3.60. The number of nitrogens with one attached hydrogen (secondary N) is 1. The lowest BCUT2D eigenvalue weighted by Crippen LogP contribution is -2.32. The first-order chi connectivity index (χ1) is 11.8. The Morgan fingerprint density at radius 1 is 1.40 bits per heavy atom. The van der Waals surface area contributed by atoms with Gasteiger partial charge in [-0.3, -0.25) is 9.79 Å². The van der Waals surface area contributed by atoms with E-state index >= 15 is 0 Å². The highest BCUT2D eigenvalue weighted by Gasteiger charge is 2.24. The van der Waals surface area contributed by atoms with Crippen LogP contribution in [0.25, 0.3) is 6.20 Å². The number of aromatic amines is 1. The summed E-state index contributed by atoms with van der Waals surface area (Å²) in [6.45, 7) is 0. The number of carbonyl (C=O) groups is 3. The number of hydrogen-bond donors (Lipinski definition) is 5. The molecule has 2 heterocycles. The van der Waals surface area contributed by atoms with Crippen LogP contribution >= 0.6 is 0 Å². The van der Waals surface area contributed by atoms with Gasteiger partial charge in [0.1, 0.15) is 23.6 Å². The average Bonchev–Trinajstić information content (AvgIpc) is 2.99. The maximum atomic E-state index is 11.1. The SMILES string of the molecule is NC(Cc1c[n+](C=CC2=CC(C(=O)O)=NC(C(=O)O)C2)c[nH]1)C(=O)O. The van der Waals surface area contributed by atoms with Crippen molar-refractivity contribution in [1.29, 1.82) is 0 Å². The second-order valence-corrected chi connectivity index (χ2v) is 5.44. The minimum absolute atomic E-state index is 0.0738.